The van der Waals surface area contributed by atoms with Crippen molar-refractivity contribution in [2.24, 2.45) is 0 Å². The highest BCUT2D eigenvalue weighted by atomic mass is 32.2. The van der Waals surface area contributed by atoms with E-state index in [-0.39, 0.29) is 23.7 Å². The number of sulfone groups is 1. The average molecular weight is 486 g/mol. The van der Waals surface area contributed by atoms with Crippen LogP contribution < -0.4 is 19.7 Å². The van der Waals surface area contributed by atoms with E-state index in [1.807, 2.05) is 54.4 Å². The lowest BCUT2D eigenvalue weighted by Gasteiger charge is -2.28. The van der Waals surface area contributed by atoms with Gasteiger partial charge in [-0.05, 0) is 60.7 Å². The standard InChI is InChI=1S/C25H31N3O5S/c1-17-12-19-13-23(32-3)24(33-4)14-21(19)22(15-28(17)25(29)26-2)18-6-8-20(9-7-18)27-10-5-11-34(30,31)16-27/h6-9,13-15,17H,5,10-12,16H2,1-4H3,(H,26,29)/t17-/m0/s1. The van der Waals surface area contributed by atoms with Crippen LogP contribution in [-0.2, 0) is 16.3 Å². The number of ether oxygens (including phenoxy) is 2. The number of benzene rings is 2. The molecule has 2 aromatic carbocycles. The first-order valence-corrected chi connectivity index (χ1v) is 13.1. The highest BCUT2D eigenvalue weighted by Gasteiger charge is 2.27. The lowest BCUT2D eigenvalue weighted by atomic mass is 9.92. The molecule has 0 aromatic heterocycles. The second kappa shape index (κ2) is 9.58. The van der Waals surface area contributed by atoms with Crippen molar-refractivity contribution in [2.45, 2.75) is 25.8 Å². The van der Waals surface area contributed by atoms with Gasteiger partial charge in [0.1, 0.15) is 5.88 Å². The molecule has 1 saturated heterocycles. The molecule has 2 heterocycles. The van der Waals surface area contributed by atoms with Crippen LogP contribution in [0.5, 0.6) is 11.5 Å². The maximum absolute atomic E-state index is 12.7. The van der Waals surface area contributed by atoms with Crippen LogP contribution in [0.4, 0.5) is 10.5 Å². The first kappa shape index (κ1) is 23.9. The zero-order chi connectivity index (χ0) is 24.5. The fourth-order valence-corrected chi connectivity index (χ4v) is 6.06. The van der Waals surface area contributed by atoms with Gasteiger partial charge in [-0.25, -0.2) is 13.2 Å². The summed E-state index contributed by atoms with van der Waals surface area (Å²) in [5, 5.41) is 2.73. The summed E-state index contributed by atoms with van der Waals surface area (Å²) in [6.45, 7) is 2.72. The Balaban J connectivity index is 1.79. The first-order valence-electron chi connectivity index (χ1n) is 11.3. The molecule has 2 amide bonds. The molecule has 9 heteroatoms. The minimum atomic E-state index is -3.06. The van der Waals surface area contributed by atoms with Crippen LogP contribution in [0.3, 0.4) is 0 Å². The van der Waals surface area contributed by atoms with E-state index >= 15 is 0 Å². The van der Waals surface area contributed by atoms with E-state index in [0.29, 0.717) is 30.9 Å². The quantitative estimate of drug-likeness (QED) is 0.715. The van der Waals surface area contributed by atoms with Gasteiger partial charge in [-0.1, -0.05) is 12.1 Å². The number of hydrogen-bond acceptors (Lipinski definition) is 6. The zero-order valence-electron chi connectivity index (χ0n) is 20.0. The van der Waals surface area contributed by atoms with Crippen LogP contribution in [0, 0.1) is 0 Å². The Hall–Kier alpha value is -3.20. The van der Waals surface area contributed by atoms with E-state index < -0.39 is 9.84 Å². The lowest BCUT2D eigenvalue weighted by molar-refractivity contribution is 0.205. The third-order valence-electron chi connectivity index (χ3n) is 6.39. The summed E-state index contributed by atoms with van der Waals surface area (Å²) in [5.41, 5.74) is 4.67. The Kier molecular flexibility index (Phi) is 6.74. The number of rotatable bonds is 4. The molecule has 4 rings (SSSR count). The molecule has 0 unspecified atom stereocenters. The lowest BCUT2D eigenvalue weighted by Crippen LogP contribution is -2.40. The predicted octanol–water partition coefficient (Wildman–Crippen LogP) is 3.26. The van der Waals surface area contributed by atoms with E-state index in [0.717, 1.165) is 28.0 Å². The minimum absolute atomic E-state index is 0.0385. The van der Waals surface area contributed by atoms with Crippen molar-refractivity contribution in [3.05, 3.63) is 59.3 Å². The van der Waals surface area contributed by atoms with Gasteiger partial charge < -0.3 is 19.7 Å². The van der Waals surface area contributed by atoms with Gasteiger partial charge in [0.25, 0.3) is 0 Å². The number of carbonyl (C=O) groups excluding carboxylic acids is 1. The van der Waals surface area contributed by atoms with Crippen LogP contribution in [0.1, 0.15) is 30.0 Å². The Morgan fingerprint density at radius 1 is 1.09 bits per heavy atom. The zero-order valence-corrected chi connectivity index (χ0v) is 20.8. The van der Waals surface area contributed by atoms with Gasteiger partial charge in [0, 0.05) is 37.1 Å². The van der Waals surface area contributed by atoms with Gasteiger partial charge in [0.2, 0.25) is 0 Å². The first-order chi connectivity index (χ1) is 16.3. The summed E-state index contributed by atoms with van der Waals surface area (Å²) in [6.07, 6.45) is 3.15. The van der Waals surface area contributed by atoms with Crippen molar-refractivity contribution in [2.75, 3.05) is 44.3 Å². The van der Waals surface area contributed by atoms with Crippen LogP contribution >= 0.6 is 0 Å². The Labute approximate surface area is 201 Å². The summed E-state index contributed by atoms with van der Waals surface area (Å²) in [7, 11) is 1.77. The number of nitrogens with one attached hydrogen (secondary N) is 1. The molecule has 182 valence electrons. The molecule has 1 N–H and O–H groups in total. The van der Waals surface area contributed by atoms with Crippen LogP contribution in [-0.4, -0.2) is 64.8 Å². The van der Waals surface area contributed by atoms with Crippen LogP contribution in [0.15, 0.2) is 42.6 Å². The summed E-state index contributed by atoms with van der Waals surface area (Å²) < 4.78 is 35.2. The monoisotopic (exact) mass is 485 g/mol. The molecule has 2 aliphatic heterocycles. The van der Waals surface area contributed by atoms with Gasteiger partial charge in [-0.2, -0.15) is 0 Å². The number of hydrogen-bond donors (Lipinski definition) is 1. The minimum Gasteiger partial charge on any atom is -0.493 e. The van der Waals surface area contributed by atoms with Gasteiger partial charge in [-0.3, -0.25) is 4.90 Å². The number of amides is 2. The topological polar surface area (TPSA) is 88.2 Å². The SMILES string of the molecule is CNC(=O)N1C=C(c2ccc(N3CCCS(=O)(=O)C3)cc2)c2cc(OC)c(OC)cc2C[C@@H]1C. The maximum atomic E-state index is 12.7. The van der Waals surface area contributed by atoms with E-state index in [2.05, 4.69) is 5.32 Å². The van der Waals surface area contributed by atoms with Gasteiger partial charge in [0.05, 0.1) is 20.0 Å². The Bertz CT molecular complexity index is 1210. The second-order valence-corrected chi connectivity index (χ2v) is 10.8. The van der Waals surface area contributed by atoms with Crippen molar-refractivity contribution >= 4 is 27.1 Å². The number of carbonyl (C=O) groups is 1. The molecule has 0 bridgehead atoms. The molecule has 1 fully saturated rings. The average Bonchev–Trinajstić information content (AvgIpc) is 2.97. The third-order valence-corrected chi connectivity index (χ3v) is 8.00. The van der Waals surface area contributed by atoms with Gasteiger partial charge in [-0.15, -0.1) is 0 Å². The molecule has 0 radical (unpaired) electrons. The summed E-state index contributed by atoms with van der Waals surface area (Å²) >= 11 is 0. The number of anilines is 1. The fourth-order valence-electron chi connectivity index (χ4n) is 4.61. The summed E-state index contributed by atoms with van der Waals surface area (Å²) in [5.74, 6) is 1.53. The molecule has 2 aromatic rings. The maximum Gasteiger partial charge on any atom is 0.321 e. The molecular formula is C25H31N3O5S. The molecule has 2 aliphatic rings. The Morgan fingerprint density at radius 3 is 2.38 bits per heavy atom. The van der Waals surface area contributed by atoms with Crippen LogP contribution in [0.2, 0.25) is 0 Å². The number of fused-ring (bicyclic) bond motifs is 1. The smallest absolute Gasteiger partial charge is 0.321 e. The van der Waals surface area contributed by atoms with Crippen molar-refractivity contribution in [1.82, 2.24) is 10.2 Å². The molecule has 8 nitrogen and oxygen atoms in total. The van der Waals surface area contributed by atoms with E-state index in [9.17, 15) is 13.2 Å². The van der Waals surface area contributed by atoms with E-state index in [1.165, 1.54) is 0 Å². The number of urea groups is 1. The van der Waals surface area contributed by atoms with Crippen molar-refractivity contribution < 1.29 is 22.7 Å². The molecule has 0 aliphatic carbocycles. The van der Waals surface area contributed by atoms with E-state index in [1.54, 1.807) is 26.2 Å². The third kappa shape index (κ3) is 4.70. The summed E-state index contributed by atoms with van der Waals surface area (Å²) in [4.78, 5) is 16.3. The van der Waals surface area contributed by atoms with Crippen LogP contribution in [0.25, 0.3) is 5.57 Å². The molecule has 34 heavy (non-hydrogen) atoms. The normalized spacial score (nSPS) is 19.5. The van der Waals surface area contributed by atoms with Crippen molar-refractivity contribution in [3.63, 3.8) is 0 Å². The highest BCUT2D eigenvalue weighted by molar-refractivity contribution is 7.91. The highest BCUT2D eigenvalue weighted by Crippen LogP contribution is 2.39. The molecule has 1 atom stereocenters. The van der Waals surface area contributed by atoms with Gasteiger partial charge >= 0.3 is 6.03 Å². The molecule has 0 spiro atoms. The number of methoxy groups -OCH3 is 2. The Morgan fingerprint density at radius 2 is 1.76 bits per heavy atom. The second-order valence-electron chi connectivity index (χ2n) is 8.66. The molecule has 0 saturated carbocycles. The summed E-state index contributed by atoms with van der Waals surface area (Å²) in [6, 6.07) is 11.5. The number of nitrogens with zero attached hydrogens (tertiary/aromatic N) is 2. The predicted molar refractivity (Wildman–Crippen MR) is 133 cm³/mol. The van der Waals surface area contributed by atoms with Crippen molar-refractivity contribution in [3.8, 4) is 11.5 Å². The van der Waals surface area contributed by atoms with Crippen molar-refractivity contribution in [1.29, 1.82) is 0 Å². The van der Waals surface area contributed by atoms with E-state index in [4.69, 9.17) is 9.47 Å². The largest absolute Gasteiger partial charge is 0.493 e. The molecular weight excluding hydrogens is 454 g/mol. The van der Waals surface area contributed by atoms with Gasteiger partial charge in [0.15, 0.2) is 21.3 Å². The fraction of sp³-hybridized carbons (Fsp3) is 0.400.